The number of benzene rings is 1. The number of hydrogen-bond donors (Lipinski definition) is 0. The highest BCUT2D eigenvalue weighted by molar-refractivity contribution is 6.30. The molecular formula is C20H21ClN2O2. The second kappa shape index (κ2) is 6.77. The molecule has 25 heavy (non-hydrogen) atoms. The third-order valence-corrected chi connectivity index (χ3v) is 5.48. The van der Waals surface area contributed by atoms with Gasteiger partial charge in [-0.3, -0.25) is 9.78 Å². The molecule has 2 aliphatic rings. The van der Waals surface area contributed by atoms with E-state index in [4.69, 9.17) is 16.3 Å². The Hall–Kier alpha value is -1.91. The van der Waals surface area contributed by atoms with Crippen LogP contribution in [0.3, 0.4) is 0 Å². The molecule has 0 bridgehead atoms. The van der Waals surface area contributed by atoms with Gasteiger partial charge in [0.1, 0.15) is 0 Å². The number of ether oxygens (including phenoxy) is 1. The molecule has 4 rings (SSSR count). The van der Waals surface area contributed by atoms with Crippen LogP contribution in [0.2, 0.25) is 5.02 Å². The van der Waals surface area contributed by atoms with E-state index in [-0.39, 0.29) is 17.4 Å². The van der Waals surface area contributed by atoms with Gasteiger partial charge in [-0.15, -0.1) is 0 Å². The lowest BCUT2D eigenvalue weighted by molar-refractivity contribution is -0.133. The number of nitrogens with zero attached hydrogens (tertiary/aromatic N) is 2. The largest absolute Gasteiger partial charge is 0.372 e. The Morgan fingerprint density at radius 2 is 1.92 bits per heavy atom. The quantitative estimate of drug-likeness (QED) is 0.822. The Kier molecular flexibility index (Phi) is 4.48. The first kappa shape index (κ1) is 16.6. The Labute approximate surface area is 152 Å². The van der Waals surface area contributed by atoms with Crippen LogP contribution in [0.1, 0.15) is 30.4 Å². The summed E-state index contributed by atoms with van der Waals surface area (Å²) in [6.07, 6.45) is 6.39. The number of pyridine rings is 1. The molecule has 0 N–H and O–H groups in total. The SMILES string of the molecule is O=C(N1CCC(OCc2ccncc2)C1)C1(c2ccc(Cl)cc2)CC1. The Balaban J connectivity index is 1.36. The van der Waals surface area contributed by atoms with Gasteiger partial charge in [0.25, 0.3) is 0 Å². The van der Waals surface area contributed by atoms with Crippen molar-refractivity contribution in [3.8, 4) is 0 Å². The number of likely N-dealkylation sites (tertiary alicyclic amines) is 1. The van der Waals surface area contributed by atoms with E-state index in [9.17, 15) is 4.79 Å². The molecule has 1 saturated heterocycles. The van der Waals surface area contributed by atoms with Crippen molar-refractivity contribution in [2.45, 2.75) is 37.4 Å². The van der Waals surface area contributed by atoms with Gasteiger partial charge >= 0.3 is 0 Å². The topological polar surface area (TPSA) is 42.4 Å². The number of hydrogen-bond acceptors (Lipinski definition) is 3. The van der Waals surface area contributed by atoms with Crippen LogP contribution in [0.25, 0.3) is 0 Å². The number of rotatable bonds is 5. The summed E-state index contributed by atoms with van der Waals surface area (Å²) in [6.45, 7) is 2.02. The first-order valence-electron chi connectivity index (χ1n) is 8.73. The molecule has 1 saturated carbocycles. The van der Waals surface area contributed by atoms with E-state index in [1.54, 1.807) is 12.4 Å². The monoisotopic (exact) mass is 356 g/mol. The molecule has 1 aromatic heterocycles. The zero-order valence-electron chi connectivity index (χ0n) is 14.0. The van der Waals surface area contributed by atoms with Crippen molar-refractivity contribution >= 4 is 17.5 Å². The molecule has 0 radical (unpaired) electrons. The van der Waals surface area contributed by atoms with Crippen LogP contribution >= 0.6 is 11.6 Å². The molecule has 1 amide bonds. The smallest absolute Gasteiger partial charge is 0.233 e. The van der Waals surface area contributed by atoms with Crippen LogP contribution in [-0.4, -0.2) is 35.0 Å². The number of amides is 1. The van der Waals surface area contributed by atoms with Crippen LogP contribution in [-0.2, 0) is 21.6 Å². The van der Waals surface area contributed by atoms with Crippen LogP contribution in [0.15, 0.2) is 48.8 Å². The maximum absolute atomic E-state index is 13.1. The average Bonchev–Trinajstić information content (AvgIpc) is 3.32. The van der Waals surface area contributed by atoms with Crippen molar-refractivity contribution in [3.05, 3.63) is 64.9 Å². The summed E-state index contributed by atoms with van der Waals surface area (Å²) < 4.78 is 5.98. The van der Waals surface area contributed by atoms with Crippen LogP contribution < -0.4 is 0 Å². The van der Waals surface area contributed by atoms with Crippen molar-refractivity contribution in [1.82, 2.24) is 9.88 Å². The first-order valence-corrected chi connectivity index (χ1v) is 9.11. The molecule has 0 spiro atoms. The highest BCUT2D eigenvalue weighted by Crippen LogP contribution is 2.50. The molecular weight excluding hydrogens is 336 g/mol. The summed E-state index contributed by atoms with van der Waals surface area (Å²) >= 11 is 5.98. The summed E-state index contributed by atoms with van der Waals surface area (Å²) in [4.78, 5) is 19.0. The highest BCUT2D eigenvalue weighted by atomic mass is 35.5. The van der Waals surface area contributed by atoms with Gasteiger partial charge in [-0.05, 0) is 54.7 Å². The Bertz CT molecular complexity index is 744. The number of carbonyl (C=O) groups excluding carboxylic acids is 1. The normalized spacial score (nSPS) is 21.3. The van der Waals surface area contributed by atoms with Gasteiger partial charge in [-0.25, -0.2) is 0 Å². The first-order chi connectivity index (χ1) is 12.2. The van der Waals surface area contributed by atoms with Gasteiger partial charge in [0.15, 0.2) is 0 Å². The molecule has 1 unspecified atom stereocenters. The molecule has 1 atom stereocenters. The number of aromatic nitrogens is 1. The summed E-state index contributed by atoms with van der Waals surface area (Å²) in [5.41, 5.74) is 1.87. The van der Waals surface area contributed by atoms with Crippen molar-refractivity contribution < 1.29 is 9.53 Å². The second-order valence-electron chi connectivity index (χ2n) is 6.92. The van der Waals surface area contributed by atoms with Crippen LogP contribution in [0, 0.1) is 0 Å². The van der Waals surface area contributed by atoms with Gasteiger partial charge in [0.2, 0.25) is 5.91 Å². The van der Waals surface area contributed by atoms with Gasteiger partial charge in [-0.1, -0.05) is 23.7 Å². The van der Waals surface area contributed by atoms with Gasteiger partial charge in [0, 0.05) is 30.5 Å². The predicted octanol–water partition coefficient (Wildman–Crippen LogP) is 3.58. The van der Waals surface area contributed by atoms with Crippen molar-refractivity contribution in [2.75, 3.05) is 13.1 Å². The number of halogens is 1. The maximum atomic E-state index is 13.1. The standard InChI is InChI=1S/C20H21ClN2O2/c21-17-3-1-16(2-4-17)20(8-9-20)19(24)23-12-7-18(13-23)25-14-15-5-10-22-11-6-15/h1-6,10-11,18H,7-9,12-14H2. The zero-order chi connectivity index (χ0) is 17.3. The average molecular weight is 357 g/mol. The molecule has 130 valence electrons. The maximum Gasteiger partial charge on any atom is 0.233 e. The third kappa shape index (κ3) is 3.42. The molecule has 1 aliphatic heterocycles. The molecule has 1 aromatic carbocycles. The minimum Gasteiger partial charge on any atom is -0.372 e. The summed E-state index contributed by atoms with van der Waals surface area (Å²) in [5.74, 6) is 0.241. The minimum absolute atomic E-state index is 0.109. The van der Waals surface area contributed by atoms with Gasteiger partial charge in [-0.2, -0.15) is 0 Å². The van der Waals surface area contributed by atoms with Crippen molar-refractivity contribution in [1.29, 1.82) is 0 Å². The lowest BCUT2D eigenvalue weighted by Gasteiger charge is -2.23. The molecule has 1 aliphatic carbocycles. The van der Waals surface area contributed by atoms with E-state index in [1.807, 2.05) is 41.3 Å². The second-order valence-corrected chi connectivity index (χ2v) is 7.35. The minimum atomic E-state index is -0.329. The van der Waals surface area contributed by atoms with E-state index < -0.39 is 0 Å². The lowest BCUT2D eigenvalue weighted by Crippen LogP contribution is -2.38. The molecule has 2 fully saturated rings. The van der Waals surface area contributed by atoms with Gasteiger partial charge in [0.05, 0.1) is 18.1 Å². The van der Waals surface area contributed by atoms with E-state index in [1.165, 1.54) is 0 Å². The molecule has 2 heterocycles. The van der Waals surface area contributed by atoms with Gasteiger partial charge < -0.3 is 9.64 Å². The van der Waals surface area contributed by atoms with E-state index >= 15 is 0 Å². The fraction of sp³-hybridized carbons (Fsp3) is 0.400. The zero-order valence-corrected chi connectivity index (χ0v) is 14.8. The summed E-state index contributed by atoms with van der Waals surface area (Å²) in [5, 5.41) is 0.706. The van der Waals surface area contributed by atoms with Crippen LogP contribution in [0.4, 0.5) is 0 Å². The summed E-state index contributed by atoms with van der Waals surface area (Å²) in [6, 6.07) is 11.6. The van der Waals surface area contributed by atoms with E-state index in [0.29, 0.717) is 18.2 Å². The Morgan fingerprint density at radius 3 is 2.60 bits per heavy atom. The fourth-order valence-electron chi connectivity index (χ4n) is 3.56. The fourth-order valence-corrected chi connectivity index (χ4v) is 3.69. The number of carbonyl (C=O) groups is 1. The summed E-state index contributed by atoms with van der Waals surface area (Å²) in [7, 11) is 0. The predicted molar refractivity (Wildman–Crippen MR) is 96.4 cm³/mol. The van der Waals surface area contributed by atoms with E-state index in [2.05, 4.69) is 4.98 Å². The molecule has 4 nitrogen and oxygen atoms in total. The lowest BCUT2D eigenvalue weighted by atomic mass is 9.94. The molecule has 2 aromatic rings. The Morgan fingerprint density at radius 1 is 1.20 bits per heavy atom. The van der Waals surface area contributed by atoms with Crippen molar-refractivity contribution in [2.24, 2.45) is 0 Å². The highest BCUT2D eigenvalue weighted by Gasteiger charge is 2.53. The van der Waals surface area contributed by atoms with Crippen molar-refractivity contribution in [3.63, 3.8) is 0 Å². The molecule has 5 heteroatoms. The van der Waals surface area contributed by atoms with Crippen LogP contribution in [0.5, 0.6) is 0 Å². The third-order valence-electron chi connectivity index (χ3n) is 5.22. The van der Waals surface area contributed by atoms with E-state index in [0.717, 1.165) is 36.9 Å².